The number of aryl methyl sites for hydroxylation is 3. The molecule has 0 spiro atoms. The van der Waals surface area contributed by atoms with E-state index in [0.717, 1.165) is 27.8 Å². The molecule has 266 valence electrons. The molecule has 0 aliphatic carbocycles. The van der Waals surface area contributed by atoms with Crippen LogP contribution in [0.5, 0.6) is 5.75 Å². The number of aromatic hydroxyl groups is 1. The van der Waals surface area contributed by atoms with E-state index in [1.807, 2.05) is 91.2 Å². The quantitative estimate of drug-likeness (QED) is 0.187. The molecule has 0 unspecified atom stereocenters. The van der Waals surface area contributed by atoms with Crippen molar-refractivity contribution in [2.45, 2.75) is 53.7 Å². The van der Waals surface area contributed by atoms with E-state index in [1.54, 1.807) is 30.3 Å². The van der Waals surface area contributed by atoms with Crippen LogP contribution < -0.4 is 0 Å². The molecule has 6 aromatic carbocycles. The Morgan fingerprint density at radius 3 is 2.15 bits per heavy atom. The Balaban J connectivity index is 1.39. The lowest BCUT2D eigenvalue weighted by molar-refractivity contribution is 0.472. The minimum atomic E-state index is -2.83. The van der Waals surface area contributed by atoms with E-state index < -0.39 is 43.4 Å². The first kappa shape index (κ1) is 24.9. The molecule has 0 aliphatic heterocycles. The first-order chi connectivity index (χ1) is 30.0. The number of rotatable bonds is 6. The molecule has 0 saturated carbocycles. The van der Waals surface area contributed by atoms with E-state index in [2.05, 4.69) is 26.8 Å². The van der Waals surface area contributed by atoms with Crippen LogP contribution in [0, 0.1) is 27.6 Å². The molecular weight excluding hydrogens is 659 g/mol. The molecule has 0 aliphatic rings. The van der Waals surface area contributed by atoms with Gasteiger partial charge in [0.05, 0.1) is 33.5 Å². The average molecular weight is 714 g/mol. The predicted molar refractivity (Wildman–Crippen MR) is 225 cm³/mol. The van der Waals surface area contributed by atoms with E-state index >= 15 is 0 Å². The second-order valence-electron chi connectivity index (χ2n) is 14.7. The largest absolute Gasteiger partial charge is 0.507 e. The van der Waals surface area contributed by atoms with Crippen LogP contribution in [-0.2, 0) is 5.41 Å². The molecule has 8 rings (SSSR count). The second kappa shape index (κ2) is 13.6. The Bertz CT molecular complexity index is 3120. The zero-order valence-electron chi connectivity index (χ0n) is 40.8. The van der Waals surface area contributed by atoms with Crippen molar-refractivity contribution in [1.29, 1.82) is 0 Å². The third kappa shape index (κ3) is 6.49. The van der Waals surface area contributed by atoms with Crippen molar-refractivity contribution in [3.05, 3.63) is 167 Å². The lowest BCUT2D eigenvalue weighted by atomic mass is 9.83. The fraction of sp³-hybridized carbons (Fsp3) is 0.160. The summed E-state index contributed by atoms with van der Waals surface area (Å²) in [4.78, 5) is 10.1. The van der Waals surface area contributed by atoms with Gasteiger partial charge in [-0.1, -0.05) is 117 Å². The number of phenols is 1. The van der Waals surface area contributed by atoms with Crippen LogP contribution in [0.2, 0.25) is 0 Å². The van der Waals surface area contributed by atoms with Crippen molar-refractivity contribution in [3.63, 3.8) is 0 Å². The average Bonchev–Trinajstić information content (AvgIpc) is 3.63. The van der Waals surface area contributed by atoms with Crippen molar-refractivity contribution in [2.24, 2.45) is 0 Å². The Kier molecular flexibility index (Phi) is 6.28. The Morgan fingerprint density at radius 2 is 1.39 bits per heavy atom. The summed E-state index contributed by atoms with van der Waals surface area (Å²) in [5, 5.41) is 11.7. The highest BCUT2D eigenvalue weighted by Crippen LogP contribution is 2.42. The van der Waals surface area contributed by atoms with E-state index in [1.165, 1.54) is 6.20 Å². The number of para-hydroxylation sites is 1. The fourth-order valence-corrected chi connectivity index (χ4v) is 7.03. The minimum Gasteiger partial charge on any atom is -0.507 e. The molecule has 54 heavy (non-hydrogen) atoms. The van der Waals surface area contributed by atoms with Gasteiger partial charge in [-0.2, -0.15) is 0 Å². The third-order valence-corrected chi connectivity index (χ3v) is 9.77. The molecule has 4 nitrogen and oxygen atoms in total. The summed E-state index contributed by atoms with van der Waals surface area (Å²) in [6, 6.07) is 31.6. The van der Waals surface area contributed by atoms with Gasteiger partial charge in [-0.05, 0) is 120 Å². The minimum absolute atomic E-state index is 0.0295. The summed E-state index contributed by atoms with van der Waals surface area (Å²) in [6.45, 7) is 4.89. The number of aromatic nitrogens is 3. The predicted octanol–water partition coefficient (Wildman–Crippen LogP) is 13.0. The van der Waals surface area contributed by atoms with Gasteiger partial charge >= 0.3 is 0 Å². The third-order valence-electron chi connectivity index (χ3n) is 9.77. The number of pyridine rings is 1. The van der Waals surface area contributed by atoms with Crippen LogP contribution in [-0.4, -0.2) is 19.6 Å². The van der Waals surface area contributed by atoms with Gasteiger partial charge in [-0.3, -0.25) is 9.55 Å². The summed E-state index contributed by atoms with van der Waals surface area (Å²) in [7, 11) is 0. The van der Waals surface area contributed by atoms with E-state index in [-0.39, 0.29) is 22.3 Å². The maximum Gasteiger partial charge on any atom is 0.149 e. The van der Waals surface area contributed by atoms with Crippen molar-refractivity contribution in [3.8, 4) is 67.5 Å². The van der Waals surface area contributed by atoms with Gasteiger partial charge in [0.2, 0.25) is 0 Å². The molecule has 4 heteroatoms. The summed E-state index contributed by atoms with van der Waals surface area (Å²) in [6.07, 6.45) is 1.53. The van der Waals surface area contributed by atoms with Crippen molar-refractivity contribution in [1.82, 2.24) is 14.5 Å². The topological polar surface area (TPSA) is 50.9 Å². The molecule has 0 bridgehead atoms. The van der Waals surface area contributed by atoms with E-state index in [4.69, 9.17) is 23.7 Å². The van der Waals surface area contributed by atoms with Crippen molar-refractivity contribution in [2.75, 3.05) is 0 Å². The number of imidazole rings is 1. The molecule has 2 heterocycles. The number of benzene rings is 6. The van der Waals surface area contributed by atoms with Crippen molar-refractivity contribution < 1.29 is 18.8 Å². The number of hydrogen-bond donors (Lipinski definition) is 1. The molecule has 0 amide bonds. The lowest BCUT2D eigenvalue weighted by Gasteiger charge is -2.22. The van der Waals surface area contributed by atoms with Crippen LogP contribution in [0.4, 0.5) is 0 Å². The van der Waals surface area contributed by atoms with Crippen LogP contribution in [0.15, 0.2) is 140 Å². The Labute approximate surface area is 332 Å². The molecular formula is C50H45N3O. The molecule has 1 N–H and O–H groups in total. The summed E-state index contributed by atoms with van der Waals surface area (Å²) in [5.74, 6) is 0.526. The van der Waals surface area contributed by atoms with E-state index in [0.29, 0.717) is 56.1 Å². The van der Waals surface area contributed by atoms with Gasteiger partial charge < -0.3 is 5.11 Å². The molecule has 0 atom stereocenters. The highest BCUT2D eigenvalue weighted by molar-refractivity contribution is 5.98. The smallest absolute Gasteiger partial charge is 0.149 e. The number of hydrogen-bond acceptors (Lipinski definition) is 3. The maximum absolute atomic E-state index is 11.7. The summed E-state index contributed by atoms with van der Waals surface area (Å²) in [5.41, 5.74) is 8.81. The van der Waals surface area contributed by atoms with Gasteiger partial charge in [-0.15, -0.1) is 0 Å². The zero-order valence-corrected chi connectivity index (χ0v) is 30.8. The first-order valence-electron chi connectivity index (χ1n) is 22.8. The van der Waals surface area contributed by atoms with Gasteiger partial charge in [0.25, 0.3) is 0 Å². The highest BCUT2D eigenvalue weighted by atomic mass is 16.3. The molecule has 0 radical (unpaired) electrons. The zero-order chi connectivity index (χ0) is 46.2. The number of phenolic OH excluding ortho intramolecular Hbond substituents is 1. The van der Waals surface area contributed by atoms with Gasteiger partial charge in [-0.25, -0.2) is 4.98 Å². The van der Waals surface area contributed by atoms with E-state index in [9.17, 15) is 5.11 Å². The molecule has 2 aromatic heterocycles. The highest BCUT2D eigenvalue weighted by Gasteiger charge is 2.24. The molecule has 0 fully saturated rings. The monoisotopic (exact) mass is 713 g/mol. The summed E-state index contributed by atoms with van der Waals surface area (Å²) >= 11 is 0. The van der Waals surface area contributed by atoms with Gasteiger partial charge in [0, 0.05) is 31.1 Å². The van der Waals surface area contributed by atoms with Crippen LogP contribution in [0.25, 0.3) is 72.7 Å². The maximum atomic E-state index is 11.7. The van der Waals surface area contributed by atoms with Crippen LogP contribution in [0.1, 0.15) is 62.3 Å². The van der Waals surface area contributed by atoms with Crippen molar-refractivity contribution >= 4 is 11.0 Å². The SMILES string of the molecule is [2H]c1c([2H])c(C([2H])([2H])[2H])c([2H])c([2H])c1-c1ccnc(-c2cc(-c3cccc4c3nc(-c3cc(C)cc(C)c3O)n4-c3ccc(C([2H])([2H])[2H])cc3-c3ccccc3)cc(C(C)(C)C)c2)c1. The number of nitrogens with zero attached hydrogens (tertiary/aromatic N) is 3. The number of fused-ring (bicyclic) bond motifs is 1. The summed E-state index contributed by atoms with van der Waals surface area (Å²) < 4.78 is 85.0. The molecule has 0 saturated heterocycles. The van der Waals surface area contributed by atoms with Gasteiger partial charge in [0.15, 0.2) is 0 Å². The van der Waals surface area contributed by atoms with Gasteiger partial charge in [0.1, 0.15) is 11.6 Å². The Hall–Kier alpha value is -6.26. The first-order valence-corrected chi connectivity index (χ1v) is 17.8. The molecule has 8 aromatic rings. The second-order valence-corrected chi connectivity index (χ2v) is 14.7. The lowest BCUT2D eigenvalue weighted by Crippen LogP contribution is -2.11. The normalized spacial score (nSPS) is 14.8. The Morgan fingerprint density at radius 1 is 0.630 bits per heavy atom. The fourth-order valence-electron chi connectivity index (χ4n) is 7.03. The van der Waals surface area contributed by atoms with Crippen LogP contribution >= 0.6 is 0 Å². The van der Waals surface area contributed by atoms with Crippen LogP contribution in [0.3, 0.4) is 0 Å². The standard InChI is InChI=1S/C50H45N3O/c1-31-16-19-35(20-17-31)37-22-23-51-44(30-37)39-27-38(28-40(29-39)50(5,6)7)41-14-11-15-46-47(41)52-49(43-26-33(3)24-34(4)48(43)54)53(46)45-21-18-32(2)25-42(45)36-12-9-8-10-13-36/h8-30,54H,1-7H3/i1D3,2D3,16D,17D,19D,20D.